The summed E-state index contributed by atoms with van der Waals surface area (Å²) in [6, 6.07) is 4.60. The largest absolute Gasteiger partial charge is 0.366 e. The van der Waals surface area contributed by atoms with Crippen LogP contribution in [0.25, 0.3) is 0 Å². The Morgan fingerprint density at radius 3 is 2.40 bits per heavy atom. The SMILES string of the molecule is Cl.NC(=O)c1cc(NC(=O)C2(N)CCCC2)ccc1Cl. The average Bonchev–Trinajstić information content (AvgIpc) is 2.79. The van der Waals surface area contributed by atoms with E-state index < -0.39 is 11.4 Å². The van der Waals surface area contributed by atoms with Gasteiger partial charge in [0, 0.05) is 5.69 Å². The van der Waals surface area contributed by atoms with Crippen LogP contribution in [0.2, 0.25) is 5.02 Å². The molecular formula is C13H17Cl2N3O2. The van der Waals surface area contributed by atoms with Gasteiger partial charge in [0.15, 0.2) is 0 Å². The lowest BCUT2D eigenvalue weighted by atomic mass is 9.98. The maximum absolute atomic E-state index is 12.1. The zero-order valence-electron chi connectivity index (χ0n) is 10.8. The molecule has 1 aromatic rings. The average molecular weight is 318 g/mol. The van der Waals surface area contributed by atoms with Gasteiger partial charge in [-0.3, -0.25) is 9.59 Å². The van der Waals surface area contributed by atoms with Crippen LogP contribution in [-0.4, -0.2) is 17.4 Å². The van der Waals surface area contributed by atoms with Gasteiger partial charge in [-0.05, 0) is 31.0 Å². The van der Waals surface area contributed by atoms with Crippen molar-refractivity contribution in [1.82, 2.24) is 0 Å². The predicted molar refractivity (Wildman–Crippen MR) is 81.2 cm³/mol. The number of halogens is 2. The summed E-state index contributed by atoms with van der Waals surface area (Å²) in [6.45, 7) is 0. The molecule has 1 aliphatic carbocycles. The highest BCUT2D eigenvalue weighted by Crippen LogP contribution is 2.29. The minimum absolute atomic E-state index is 0. The Hall–Kier alpha value is -1.30. The zero-order valence-corrected chi connectivity index (χ0v) is 12.4. The summed E-state index contributed by atoms with van der Waals surface area (Å²) in [5.41, 5.74) is 11.1. The first-order valence-corrected chi connectivity index (χ1v) is 6.50. The first kappa shape index (κ1) is 16.8. The minimum Gasteiger partial charge on any atom is -0.366 e. The van der Waals surface area contributed by atoms with Crippen LogP contribution < -0.4 is 16.8 Å². The van der Waals surface area contributed by atoms with Crippen molar-refractivity contribution in [3.05, 3.63) is 28.8 Å². The number of amides is 2. The third kappa shape index (κ3) is 3.42. The normalized spacial score (nSPS) is 16.3. The molecule has 1 fully saturated rings. The first-order chi connectivity index (χ1) is 8.92. The highest BCUT2D eigenvalue weighted by molar-refractivity contribution is 6.34. The second-order valence-electron chi connectivity index (χ2n) is 4.88. The molecule has 1 aromatic carbocycles. The summed E-state index contributed by atoms with van der Waals surface area (Å²) >= 11 is 5.84. The Morgan fingerprint density at radius 2 is 1.85 bits per heavy atom. The molecule has 5 N–H and O–H groups in total. The van der Waals surface area contributed by atoms with E-state index in [2.05, 4.69) is 5.32 Å². The van der Waals surface area contributed by atoms with Crippen molar-refractivity contribution in [2.45, 2.75) is 31.2 Å². The van der Waals surface area contributed by atoms with Crippen LogP contribution in [0, 0.1) is 0 Å². The molecule has 0 unspecified atom stereocenters. The molecule has 2 amide bonds. The minimum atomic E-state index is -0.813. The van der Waals surface area contributed by atoms with Crippen LogP contribution >= 0.6 is 24.0 Å². The third-order valence-electron chi connectivity index (χ3n) is 3.44. The number of carbonyl (C=O) groups excluding carboxylic acids is 2. The van der Waals surface area contributed by atoms with E-state index in [1.165, 1.54) is 12.1 Å². The summed E-state index contributed by atoms with van der Waals surface area (Å²) in [5, 5.41) is 2.97. The van der Waals surface area contributed by atoms with Crippen LogP contribution in [0.15, 0.2) is 18.2 Å². The first-order valence-electron chi connectivity index (χ1n) is 6.12. The molecule has 0 radical (unpaired) electrons. The number of carbonyl (C=O) groups is 2. The van der Waals surface area contributed by atoms with Crippen LogP contribution in [-0.2, 0) is 4.79 Å². The summed E-state index contributed by atoms with van der Waals surface area (Å²) in [6.07, 6.45) is 3.26. The third-order valence-corrected chi connectivity index (χ3v) is 3.77. The number of anilines is 1. The smallest absolute Gasteiger partial charge is 0.250 e. The molecule has 1 aliphatic rings. The number of hydrogen-bond donors (Lipinski definition) is 3. The van der Waals surface area contributed by atoms with Crippen molar-refractivity contribution in [3.8, 4) is 0 Å². The van der Waals surface area contributed by atoms with E-state index in [0.29, 0.717) is 18.5 Å². The lowest BCUT2D eigenvalue weighted by Crippen LogP contribution is -2.48. The van der Waals surface area contributed by atoms with Gasteiger partial charge in [-0.2, -0.15) is 0 Å². The number of benzene rings is 1. The van der Waals surface area contributed by atoms with Crippen LogP contribution in [0.1, 0.15) is 36.0 Å². The lowest BCUT2D eigenvalue weighted by molar-refractivity contribution is -0.121. The Morgan fingerprint density at radius 1 is 1.25 bits per heavy atom. The Labute approximate surface area is 128 Å². The van der Waals surface area contributed by atoms with Crippen molar-refractivity contribution in [2.24, 2.45) is 11.5 Å². The number of nitrogens with one attached hydrogen (secondary N) is 1. The van der Waals surface area contributed by atoms with E-state index >= 15 is 0 Å². The van der Waals surface area contributed by atoms with Crippen LogP contribution in [0.3, 0.4) is 0 Å². The van der Waals surface area contributed by atoms with E-state index in [1.54, 1.807) is 6.07 Å². The topological polar surface area (TPSA) is 98.2 Å². The molecule has 110 valence electrons. The quantitative estimate of drug-likeness (QED) is 0.795. The lowest BCUT2D eigenvalue weighted by Gasteiger charge is -2.22. The Bertz CT molecular complexity index is 528. The molecule has 20 heavy (non-hydrogen) atoms. The van der Waals surface area contributed by atoms with Gasteiger partial charge in [-0.1, -0.05) is 24.4 Å². The summed E-state index contributed by atoms with van der Waals surface area (Å²) in [5.74, 6) is -0.868. The number of primary amides is 1. The number of nitrogens with two attached hydrogens (primary N) is 2. The maximum Gasteiger partial charge on any atom is 0.250 e. The highest BCUT2D eigenvalue weighted by Gasteiger charge is 2.37. The monoisotopic (exact) mass is 317 g/mol. The summed E-state index contributed by atoms with van der Waals surface area (Å²) in [7, 11) is 0. The van der Waals surface area contributed by atoms with Gasteiger partial charge >= 0.3 is 0 Å². The van der Waals surface area contributed by atoms with Crippen molar-refractivity contribution in [1.29, 1.82) is 0 Å². The van der Waals surface area contributed by atoms with Crippen molar-refractivity contribution < 1.29 is 9.59 Å². The van der Waals surface area contributed by atoms with E-state index in [1.807, 2.05) is 0 Å². The second kappa shape index (κ2) is 6.43. The molecule has 0 bridgehead atoms. The predicted octanol–water partition coefficient (Wildman–Crippen LogP) is 2.07. The van der Waals surface area contributed by atoms with Gasteiger partial charge < -0.3 is 16.8 Å². The van der Waals surface area contributed by atoms with Crippen molar-refractivity contribution in [2.75, 3.05) is 5.32 Å². The van der Waals surface area contributed by atoms with Crippen molar-refractivity contribution in [3.63, 3.8) is 0 Å². The van der Waals surface area contributed by atoms with E-state index in [4.69, 9.17) is 23.1 Å². The molecular weight excluding hydrogens is 301 g/mol. The number of rotatable bonds is 3. The zero-order chi connectivity index (χ0) is 14.0. The molecule has 0 aromatic heterocycles. The van der Waals surface area contributed by atoms with Crippen molar-refractivity contribution >= 4 is 41.5 Å². The van der Waals surface area contributed by atoms with Crippen LogP contribution in [0.5, 0.6) is 0 Å². The Balaban J connectivity index is 0.00000200. The van der Waals surface area contributed by atoms with E-state index in [9.17, 15) is 9.59 Å². The molecule has 0 spiro atoms. The van der Waals surface area contributed by atoms with Gasteiger partial charge in [-0.25, -0.2) is 0 Å². The molecule has 0 atom stereocenters. The fourth-order valence-corrected chi connectivity index (χ4v) is 2.49. The molecule has 0 heterocycles. The molecule has 0 aliphatic heterocycles. The molecule has 0 saturated heterocycles. The summed E-state index contributed by atoms with van der Waals surface area (Å²) in [4.78, 5) is 23.3. The standard InChI is InChI=1S/C13H16ClN3O2.ClH/c14-10-4-3-8(7-9(10)11(15)18)17-12(19)13(16)5-1-2-6-13;/h3-4,7H,1-2,5-6,16H2,(H2,15,18)(H,17,19);1H. The van der Waals surface area contributed by atoms with Crippen LogP contribution in [0.4, 0.5) is 5.69 Å². The van der Waals surface area contributed by atoms with Gasteiger partial charge in [0.2, 0.25) is 11.8 Å². The summed E-state index contributed by atoms with van der Waals surface area (Å²) < 4.78 is 0. The fraction of sp³-hybridized carbons (Fsp3) is 0.385. The number of hydrogen-bond acceptors (Lipinski definition) is 3. The van der Waals surface area contributed by atoms with Gasteiger partial charge in [-0.15, -0.1) is 12.4 Å². The Kier molecular flexibility index (Phi) is 5.39. The fourth-order valence-electron chi connectivity index (χ4n) is 2.28. The maximum atomic E-state index is 12.1. The second-order valence-corrected chi connectivity index (χ2v) is 5.28. The van der Waals surface area contributed by atoms with Gasteiger partial charge in [0.1, 0.15) is 0 Å². The molecule has 2 rings (SSSR count). The van der Waals surface area contributed by atoms with E-state index in [-0.39, 0.29) is 28.9 Å². The van der Waals surface area contributed by atoms with E-state index in [0.717, 1.165) is 12.8 Å². The van der Waals surface area contributed by atoms with Gasteiger partial charge in [0.25, 0.3) is 0 Å². The molecule has 5 nitrogen and oxygen atoms in total. The highest BCUT2D eigenvalue weighted by atomic mass is 35.5. The molecule has 7 heteroatoms. The van der Waals surface area contributed by atoms with Gasteiger partial charge in [0.05, 0.1) is 16.1 Å². The molecule has 1 saturated carbocycles.